The first-order valence-electron chi connectivity index (χ1n) is 7.73. The first-order chi connectivity index (χ1) is 10.5. The summed E-state index contributed by atoms with van der Waals surface area (Å²) in [7, 11) is 1.61. The van der Waals surface area contributed by atoms with Crippen LogP contribution in [0, 0.1) is 12.8 Å². The quantitative estimate of drug-likeness (QED) is 0.849. The molecule has 0 saturated heterocycles. The van der Waals surface area contributed by atoms with Crippen molar-refractivity contribution in [3.63, 3.8) is 0 Å². The van der Waals surface area contributed by atoms with Gasteiger partial charge in [-0.3, -0.25) is 4.79 Å². The zero-order valence-electron chi connectivity index (χ0n) is 14.0. The third-order valence-corrected chi connectivity index (χ3v) is 3.70. The van der Waals surface area contributed by atoms with Crippen molar-refractivity contribution < 1.29 is 4.74 Å². The molecular formula is C18H24N2O2. The predicted octanol–water partition coefficient (Wildman–Crippen LogP) is 3.45. The molecule has 1 heterocycles. The number of aryl methyl sites for hydroxylation is 2. The Hall–Kier alpha value is -2.10. The van der Waals surface area contributed by atoms with Gasteiger partial charge in [-0.2, -0.15) is 5.10 Å². The highest BCUT2D eigenvalue weighted by Gasteiger charge is 2.20. The molecule has 0 aliphatic heterocycles. The fourth-order valence-electron chi connectivity index (χ4n) is 2.65. The van der Waals surface area contributed by atoms with Gasteiger partial charge in [-0.1, -0.05) is 38.1 Å². The summed E-state index contributed by atoms with van der Waals surface area (Å²) in [5.41, 5.74) is 3.34. The summed E-state index contributed by atoms with van der Waals surface area (Å²) < 4.78 is 7.12. The van der Waals surface area contributed by atoms with Gasteiger partial charge in [-0.05, 0) is 37.3 Å². The molecule has 22 heavy (non-hydrogen) atoms. The Labute approximate surface area is 131 Å². The Morgan fingerprint density at radius 1 is 1.27 bits per heavy atom. The van der Waals surface area contributed by atoms with E-state index in [1.807, 2.05) is 38.1 Å². The van der Waals surface area contributed by atoms with Gasteiger partial charge in [-0.25, -0.2) is 4.68 Å². The van der Waals surface area contributed by atoms with Gasteiger partial charge < -0.3 is 4.74 Å². The number of hydrogen-bond acceptors (Lipinski definition) is 3. The molecule has 2 rings (SSSR count). The van der Waals surface area contributed by atoms with Crippen molar-refractivity contribution in [3.8, 4) is 16.9 Å². The highest BCUT2D eigenvalue weighted by Crippen LogP contribution is 2.32. The van der Waals surface area contributed by atoms with Gasteiger partial charge in [0.2, 0.25) is 0 Å². The number of hydrogen-bond donors (Lipinski definition) is 0. The number of ether oxygens (including phenoxy) is 1. The molecule has 0 fully saturated rings. The average molecular weight is 300 g/mol. The molecule has 118 valence electrons. The van der Waals surface area contributed by atoms with Crippen LogP contribution in [-0.4, -0.2) is 16.9 Å². The summed E-state index contributed by atoms with van der Waals surface area (Å²) in [6, 6.07) is 7.89. The average Bonchev–Trinajstić information content (AvgIpc) is 2.48. The maximum atomic E-state index is 12.8. The predicted molar refractivity (Wildman–Crippen MR) is 89.4 cm³/mol. The number of rotatable bonds is 5. The lowest BCUT2D eigenvalue weighted by atomic mass is 9.98. The summed E-state index contributed by atoms with van der Waals surface area (Å²) in [5.74, 6) is 1.05. The first-order valence-corrected chi connectivity index (χ1v) is 7.73. The molecule has 0 atom stereocenters. The molecule has 0 aliphatic carbocycles. The molecule has 0 amide bonds. The maximum Gasteiger partial charge on any atom is 0.278 e. The molecule has 1 aromatic carbocycles. The van der Waals surface area contributed by atoms with Gasteiger partial charge in [0.1, 0.15) is 5.69 Å². The molecule has 0 bridgehead atoms. The lowest BCUT2D eigenvalue weighted by Gasteiger charge is -2.17. The Morgan fingerprint density at radius 3 is 2.50 bits per heavy atom. The van der Waals surface area contributed by atoms with Crippen LogP contribution in [0.25, 0.3) is 11.1 Å². The van der Waals surface area contributed by atoms with E-state index in [-0.39, 0.29) is 5.56 Å². The summed E-state index contributed by atoms with van der Waals surface area (Å²) in [5, 5.41) is 4.50. The second-order valence-electron chi connectivity index (χ2n) is 5.89. The van der Waals surface area contributed by atoms with E-state index in [1.54, 1.807) is 7.11 Å². The van der Waals surface area contributed by atoms with E-state index < -0.39 is 0 Å². The number of methoxy groups -OCH3 is 1. The van der Waals surface area contributed by atoms with Crippen LogP contribution in [-0.2, 0) is 13.0 Å². The van der Waals surface area contributed by atoms with Crippen LogP contribution < -0.4 is 10.3 Å². The minimum Gasteiger partial charge on any atom is -0.494 e. The van der Waals surface area contributed by atoms with Crippen molar-refractivity contribution in [2.24, 2.45) is 5.92 Å². The van der Waals surface area contributed by atoms with Crippen molar-refractivity contribution in [3.05, 3.63) is 45.9 Å². The van der Waals surface area contributed by atoms with E-state index in [0.717, 1.165) is 23.2 Å². The lowest BCUT2D eigenvalue weighted by molar-refractivity contribution is 0.396. The van der Waals surface area contributed by atoms with Gasteiger partial charge >= 0.3 is 0 Å². The fourth-order valence-corrected chi connectivity index (χ4v) is 2.65. The molecule has 4 nitrogen and oxygen atoms in total. The SMILES string of the molecule is CCn1nc(CC(C)C)c(OC)c(-c2ccccc2C)c1=O. The molecule has 1 aromatic heterocycles. The van der Waals surface area contributed by atoms with Gasteiger partial charge in [0, 0.05) is 6.54 Å². The summed E-state index contributed by atoms with van der Waals surface area (Å²) in [6.07, 6.45) is 0.780. The van der Waals surface area contributed by atoms with Gasteiger partial charge in [0.05, 0.1) is 12.7 Å². The van der Waals surface area contributed by atoms with Crippen LogP contribution in [0.4, 0.5) is 0 Å². The molecule has 0 aliphatic rings. The largest absolute Gasteiger partial charge is 0.494 e. The number of nitrogens with zero attached hydrogens (tertiary/aromatic N) is 2. The van der Waals surface area contributed by atoms with E-state index >= 15 is 0 Å². The van der Waals surface area contributed by atoms with E-state index in [0.29, 0.717) is 23.8 Å². The molecule has 4 heteroatoms. The smallest absolute Gasteiger partial charge is 0.278 e. The zero-order chi connectivity index (χ0) is 16.3. The summed E-state index contributed by atoms with van der Waals surface area (Å²) in [4.78, 5) is 12.8. The molecule has 0 radical (unpaired) electrons. The summed E-state index contributed by atoms with van der Waals surface area (Å²) in [6.45, 7) is 8.76. The summed E-state index contributed by atoms with van der Waals surface area (Å²) >= 11 is 0. The first kappa shape index (κ1) is 16.3. The molecular weight excluding hydrogens is 276 g/mol. The fraction of sp³-hybridized carbons (Fsp3) is 0.444. The Bertz CT molecular complexity index is 718. The highest BCUT2D eigenvalue weighted by atomic mass is 16.5. The number of benzene rings is 1. The van der Waals surface area contributed by atoms with Crippen LogP contribution >= 0.6 is 0 Å². The Morgan fingerprint density at radius 2 is 1.95 bits per heavy atom. The third kappa shape index (κ3) is 3.06. The zero-order valence-corrected chi connectivity index (χ0v) is 14.0. The van der Waals surface area contributed by atoms with Crippen molar-refractivity contribution in [2.75, 3.05) is 7.11 Å². The van der Waals surface area contributed by atoms with E-state index in [9.17, 15) is 4.79 Å². The Balaban J connectivity index is 2.80. The van der Waals surface area contributed by atoms with E-state index in [1.165, 1.54) is 4.68 Å². The topological polar surface area (TPSA) is 44.1 Å². The second kappa shape index (κ2) is 6.77. The van der Waals surface area contributed by atoms with E-state index in [2.05, 4.69) is 18.9 Å². The van der Waals surface area contributed by atoms with Gasteiger partial charge in [-0.15, -0.1) is 0 Å². The normalized spacial score (nSPS) is 11.0. The highest BCUT2D eigenvalue weighted by molar-refractivity contribution is 5.73. The van der Waals surface area contributed by atoms with Crippen LogP contribution in [0.15, 0.2) is 29.1 Å². The third-order valence-electron chi connectivity index (χ3n) is 3.70. The molecule has 0 saturated carbocycles. The minimum absolute atomic E-state index is 0.0962. The number of aromatic nitrogens is 2. The minimum atomic E-state index is -0.0962. The van der Waals surface area contributed by atoms with Crippen molar-refractivity contribution in [1.29, 1.82) is 0 Å². The van der Waals surface area contributed by atoms with Crippen LogP contribution in [0.5, 0.6) is 5.75 Å². The van der Waals surface area contributed by atoms with Crippen molar-refractivity contribution in [1.82, 2.24) is 9.78 Å². The van der Waals surface area contributed by atoms with Crippen LogP contribution in [0.1, 0.15) is 32.0 Å². The van der Waals surface area contributed by atoms with Gasteiger partial charge in [0.15, 0.2) is 5.75 Å². The molecule has 0 spiro atoms. The van der Waals surface area contributed by atoms with Crippen molar-refractivity contribution >= 4 is 0 Å². The monoisotopic (exact) mass is 300 g/mol. The lowest BCUT2D eigenvalue weighted by Crippen LogP contribution is -2.26. The van der Waals surface area contributed by atoms with Crippen molar-refractivity contribution in [2.45, 2.75) is 40.7 Å². The molecule has 0 N–H and O–H groups in total. The van der Waals surface area contributed by atoms with Crippen LogP contribution in [0.3, 0.4) is 0 Å². The van der Waals surface area contributed by atoms with Crippen LogP contribution in [0.2, 0.25) is 0 Å². The van der Waals surface area contributed by atoms with E-state index in [4.69, 9.17) is 4.74 Å². The molecule has 2 aromatic rings. The molecule has 0 unspecified atom stereocenters. The second-order valence-corrected chi connectivity index (χ2v) is 5.89. The standard InChI is InChI=1S/C18H24N2O2/c1-6-20-18(21)16(14-10-8-7-9-13(14)4)17(22-5)15(19-20)11-12(2)3/h7-10,12H,6,11H2,1-5H3. The Kier molecular flexibility index (Phi) is 5.01. The maximum absolute atomic E-state index is 12.8. The van der Waals surface area contributed by atoms with Gasteiger partial charge in [0.25, 0.3) is 5.56 Å².